The second-order valence-electron chi connectivity index (χ2n) is 2.33. The van der Waals surface area contributed by atoms with Crippen molar-refractivity contribution < 1.29 is 31.5 Å². The van der Waals surface area contributed by atoms with Gasteiger partial charge in [-0.15, -0.1) is 0 Å². The molecular formula is C10H14FeO3. The number of fused-ring (bicyclic) bond motifs is 2. The molecule has 0 unspecified atom stereocenters. The summed E-state index contributed by atoms with van der Waals surface area (Å²) in [5.41, 5.74) is 0. The van der Waals surface area contributed by atoms with Crippen LogP contribution in [0.5, 0.6) is 0 Å². The minimum absolute atomic E-state index is 0. The Morgan fingerprint density at radius 3 is 1.00 bits per heavy atom. The second-order valence-corrected chi connectivity index (χ2v) is 2.33. The van der Waals surface area contributed by atoms with Crippen LogP contribution in [0.2, 0.25) is 0 Å². The number of allylic oxidation sites excluding steroid dienone is 4. The van der Waals surface area contributed by atoms with Gasteiger partial charge < -0.3 is 14.4 Å². The molecule has 0 radical (unpaired) electrons. The predicted molar refractivity (Wildman–Crippen MR) is 51.2 cm³/mol. The van der Waals surface area contributed by atoms with Crippen molar-refractivity contribution in [3.05, 3.63) is 24.3 Å². The van der Waals surface area contributed by atoms with Crippen LogP contribution in [0.15, 0.2) is 24.3 Å². The largest absolute Gasteiger partial charge is 0.307 e. The van der Waals surface area contributed by atoms with Gasteiger partial charge in [0, 0.05) is 17.1 Å². The van der Waals surface area contributed by atoms with Crippen molar-refractivity contribution in [3.63, 3.8) is 0 Å². The Morgan fingerprint density at radius 2 is 0.929 bits per heavy atom. The fourth-order valence-corrected chi connectivity index (χ4v) is 1.33. The molecule has 0 heterocycles. The normalized spacial score (nSPS) is 22.6. The average molecular weight is 238 g/mol. The molecular weight excluding hydrogens is 224 g/mol. The SMILES string of the molecule is C1=CC2C=CC1C2.C=O.C=O.C=O.[Fe]. The molecule has 0 saturated carbocycles. The third kappa shape index (κ3) is 6.52. The van der Waals surface area contributed by atoms with E-state index in [1.54, 1.807) is 0 Å². The summed E-state index contributed by atoms with van der Waals surface area (Å²) in [4.78, 5) is 24.0. The maximum atomic E-state index is 8.00. The molecule has 0 aromatic rings. The van der Waals surface area contributed by atoms with Gasteiger partial charge in [-0.1, -0.05) is 24.3 Å². The first-order valence-corrected chi connectivity index (χ1v) is 3.68. The Hall–Kier alpha value is -0.991. The molecule has 2 aliphatic carbocycles. The van der Waals surface area contributed by atoms with E-state index in [2.05, 4.69) is 24.3 Å². The van der Waals surface area contributed by atoms with Gasteiger partial charge in [0.25, 0.3) is 0 Å². The van der Waals surface area contributed by atoms with Crippen molar-refractivity contribution in [3.8, 4) is 0 Å². The van der Waals surface area contributed by atoms with E-state index in [-0.39, 0.29) is 17.1 Å². The van der Waals surface area contributed by atoms with Gasteiger partial charge >= 0.3 is 0 Å². The molecule has 0 aromatic heterocycles. The van der Waals surface area contributed by atoms with Crippen LogP contribution in [-0.2, 0) is 31.5 Å². The molecule has 3 nitrogen and oxygen atoms in total. The van der Waals surface area contributed by atoms with E-state index >= 15 is 0 Å². The quantitative estimate of drug-likeness (QED) is 0.470. The molecule has 2 bridgehead atoms. The van der Waals surface area contributed by atoms with Gasteiger partial charge in [0.1, 0.15) is 20.4 Å². The molecule has 2 rings (SSSR count). The van der Waals surface area contributed by atoms with E-state index in [1.165, 1.54) is 6.42 Å². The molecule has 0 atom stereocenters. The molecule has 0 aromatic carbocycles. The van der Waals surface area contributed by atoms with Gasteiger partial charge in [-0.3, -0.25) is 0 Å². The van der Waals surface area contributed by atoms with Gasteiger partial charge in [0.15, 0.2) is 0 Å². The summed E-state index contributed by atoms with van der Waals surface area (Å²) in [5.74, 6) is 1.62. The van der Waals surface area contributed by atoms with Gasteiger partial charge in [-0.2, -0.15) is 0 Å². The van der Waals surface area contributed by atoms with Crippen LogP contribution in [0.4, 0.5) is 0 Å². The maximum absolute atomic E-state index is 8.00. The molecule has 14 heavy (non-hydrogen) atoms. The van der Waals surface area contributed by atoms with Gasteiger partial charge in [-0.05, 0) is 18.3 Å². The number of hydrogen-bond acceptors (Lipinski definition) is 3. The first-order chi connectivity index (χ1) is 6.45. The van der Waals surface area contributed by atoms with Crippen molar-refractivity contribution in [2.45, 2.75) is 6.42 Å². The van der Waals surface area contributed by atoms with Crippen LogP contribution in [-0.4, -0.2) is 20.4 Å². The zero-order chi connectivity index (χ0) is 10.7. The Kier molecular flexibility index (Phi) is 19.4. The first kappa shape index (κ1) is 18.7. The summed E-state index contributed by atoms with van der Waals surface area (Å²) in [5, 5.41) is 0. The van der Waals surface area contributed by atoms with Gasteiger partial charge in [-0.25, -0.2) is 0 Å². The van der Waals surface area contributed by atoms with Crippen molar-refractivity contribution >= 4 is 20.4 Å². The minimum atomic E-state index is 0. The second kappa shape index (κ2) is 14.5. The molecule has 0 fully saturated rings. The molecule has 0 N–H and O–H groups in total. The molecule has 0 amide bonds. The van der Waals surface area contributed by atoms with Crippen LogP contribution in [0.25, 0.3) is 0 Å². The van der Waals surface area contributed by atoms with E-state index in [0.717, 1.165) is 11.8 Å². The Morgan fingerprint density at radius 1 is 0.714 bits per heavy atom. The van der Waals surface area contributed by atoms with Crippen molar-refractivity contribution in [2.75, 3.05) is 0 Å². The van der Waals surface area contributed by atoms with E-state index < -0.39 is 0 Å². The zero-order valence-corrected chi connectivity index (χ0v) is 8.98. The fourth-order valence-electron chi connectivity index (χ4n) is 1.33. The number of carbonyl (C=O) groups is 3. The maximum Gasteiger partial charge on any atom is 0.106 e. The van der Waals surface area contributed by atoms with E-state index in [9.17, 15) is 0 Å². The van der Waals surface area contributed by atoms with Crippen molar-refractivity contribution in [1.29, 1.82) is 0 Å². The molecule has 0 aliphatic heterocycles. The molecule has 0 saturated heterocycles. The molecule has 2 aliphatic rings. The number of carbonyl (C=O) groups excluding carboxylic acids is 3. The molecule has 80 valence electrons. The fraction of sp³-hybridized carbons (Fsp3) is 0.300. The minimum Gasteiger partial charge on any atom is -0.307 e. The molecule has 4 heteroatoms. The Balaban J connectivity index is -0.000000153. The standard InChI is InChI=1S/C7H8.3CH2O.Fe/c1-2-7-4-3-6(1)5-7;3*1-2;/h1-4,6-7H,5H2;3*1H2;. The Bertz CT molecular complexity index is 147. The average Bonchev–Trinajstić information content (AvgIpc) is 2.90. The van der Waals surface area contributed by atoms with Crippen molar-refractivity contribution in [1.82, 2.24) is 0 Å². The summed E-state index contributed by atoms with van der Waals surface area (Å²) in [6.07, 6.45) is 10.5. The summed E-state index contributed by atoms with van der Waals surface area (Å²) >= 11 is 0. The van der Waals surface area contributed by atoms with Crippen LogP contribution in [0, 0.1) is 11.8 Å². The number of hydrogen-bond donors (Lipinski definition) is 0. The topological polar surface area (TPSA) is 51.2 Å². The predicted octanol–water partition coefficient (Wildman–Crippen LogP) is 1.19. The number of rotatable bonds is 0. The third-order valence-corrected chi connectivity index (χ3v) is 1.76. The summed E-state index contributed by atoms with van der Waals surface area (Å²) < 4.78 is 0. The van der Waals surface area contributed by atoms with Gasteiger partial charge in [0.2, 0.25) is 0 Å². The summed E-state index contributed by atoms with van der Waals surface area (Å²) in [6, 6.07) is 0. The summed E-state index contributed by atoms with van der Waals surface area (Å²) in [6.45, 7) is 6.00. The van der Waals surface area contributed by atoms with Crippen molar-refractivity contribution in [2.24, 2.45) is 11.8 Å². The molecule has 0 spiro atoms. The van der Waals surface area contributed by atoms with Crippen LogP contribution in [0.1, 0.15) is 6.42 Å². The van der Waals surface area contributed by atoms with Crippen LogP contribution in [0.3, 0.4) is 0 Å². The van der Waals surface area contributed by atoms with E-state index in [0.29, 0.717) is 0 Å². The summed E-state index contributed by atoms with van der Waals surface area (Å²) in [7, 11) is 0. The Labute approximate surface area is 94.7 Å². The van der Waals surface area contributed by atoms with E-state index in [1.807, 2.05) is 20.4 Å². The smallest absolute Gasteiger partial charge is 0.106 e. The van der Waals surface area contributed by atoms with Gasteiger partial charge in [0.05, 0.1) is 0 Å². The van der Waals surface area contributed by atoms with Crippen LogP contribution >= 0.6 is 0 Å². The van der Waals surface area contributed by atoms with E-state index in [4.69, 9.17) is 14.4 Å². The zero-order valence-electron chi connectivity index (χ0n) is 7.87. The van der Waals surface area contributed by atoms with Crippen LogP contribution < -0.4 is 0 Å². The first-order valence-electron chi connectivity index (χ1n) is 3.68. The third-order valence-electron chi connectivity index (χ3n) is 1.76. The monoisotopic (exact) mass is 238 g/mol.